The molecule has 0 aliphatic carbocycles. The summed E-state index contributed by atoms with van der Waals surface area (Å²) in [7, 11) is 0. The molecule has 1 aliphatic heterocycles. The Morgan fingerprint density at radius 1 is 1.33 bits per heavy atom. The fourth-order valence-electron chi connectivity index (χ4n) is 0.945. The van der Waals surface area contributed by atoms with Crippen molar-refractivity contribution in [2.24, 2.45) is 0 Å². The third-order valence-corrected chi connectivity index (χ3v) is 1.57. The van der Waals surface area contributed by atoms with Crippen LogP contribution in [0.2, 0.25) is 0 Å². The summed E-state index contributed by atoms with van der Waals surface area (Å²) in [6, 6.07) is 0. The van der Waals surface area contributed by atoms with E-state index in [9.17, 15) is 0 Å². The van der Waals surface area contributed by atoms with Crippen molar-refractivity contribution in [1.29, 1.82) is 0 Å². The molecule has 1 fully saturated rings. The first-order valence-electron chi connectivity index (χ1n) is 3.21. The van der Waals surface area contributed by atoms with E-state index in [2.05, 4.69) is 0 Å². The van der Waals surface area contributed by atoms with Crippen molar-refractivity contribution in [3.05, 3.63) is 0 Å². The lowest BCUT2D eigenvalue weighted by molar-refractivity contribution is -0.210. The van der Waals surface area contributed by atoms with Gasteiger partial charge in [-0.05, 0) is 19.8 Å². The highest BCUT2D eigenvalue weighted by atomic mass is 16.6. The Labute approximate surface area is 54.3 Å². The number of rotatable bonds is 0. The molecular formula is C6H12O3. The molecule has 0 aromatic carbocycles. The quantitative estimate of drug-likeness (QED) is 0.482. The standard InChI is InChI=1S/C6H12O3/c1-4-2-3-5(7)6(8)9-4/h4-8H,2-3H2,1H3/t4?,5-,6+/m0/s1. The fourth-order valence-corrected chi connectivity index (χ4v) is 0.945. The SMILES string of the molecule is CC1CC[C@H](O)[C@H](O)O1. The van der Waals surface area contributed by atoms with Gasteiger partial charge in [0, 0.05) is 0 Å². The molecule has 0 aromatic heterocycles. The summed E-state index contributed by atoms with van der Waals surface area (Å²) in [4.78, 5) is 0. The van der Waals surface area contributed by atoms with E-state index in [1.165, 1.54) is 0 Å². The Hall–Kier alpha value is -0.120. The zero-order valence-electron chi connectivity index (χ0n) is 5.45. The molecule has 9 heavy (non-hydrogen) atoms. The zero-order chi connectivity index (χ0) is 6.85. The molecule has 3 heteroatoms. The number of hydrogen-bond donors (Lipinski definition) is 2. The van der Waals surface area contributed by atoms with Gasteiger partial charge in [-0.2, -0.15) is 0 Å². The number of hydrogen-bond acceptors (Lipinski definition) is 3. The van der Waals surface area contributed by atoms with E-state index in [1.54, 1.807) is 0 Å². The predicted molar refractivity (Wildman–Crippen MR) is 31.8 cm³/mol. The minimum atomic E-state index is -0.964. The van der Waals surface area contributed by atoms with E-state index < -0.39 is 12.4 Å². The van der Waals surface area contributed by atoms with Crippen molar-refractivity contribution in [3.63, 3.8) is 0 Å². The molecule has 54 valence electrons. The van der Waals surface area contributed by atoms with Gasteiger partial charge in [-0.25, -0.2) is 0 Å². The topological polar surface area (TPSA) is 49.7 Å². The van der Waals surface area contributed by atoms with Crippen molar-refractivity contribution in [2.75, 3.05) is 0 Å². The van der Waals surface area contributed by atoms with Crippen LogP contribution in [0.5, 0.6) is 0 Å². The molecule has 2 N–H and O–H groups in total. The maximum absolute atomic E-state index is 8.92. The van der Waals surface area contributed by atoms with Crippen LogP contribution >= 0.6 is 0 Å². The first kappa shape index (κ1) is 6.99. The van der Waals surface area contributed by atoms with Crippen LogP contribution in [0.1, 0.15) is 19.8 Å². The van der Waals surface area contributed by atoms with Crippen LogP contribution in [0.3, 0.4) is 0 Å². The summed E-state index contributed by atoms with van der Waals surface area (Å²) in [5.41, 5.74) is 0. The highest BCUT2D eigenvalue weighted by molar-refractivity contribution is 4.68. The second-order valence-corrected chi connectivity index (χ2v) is 2.48. The van der Waals surface area contributed by atoms with Crippen molar-refractivity contribution in [3.8, 4) is 0 Å². The molecule has 1 saturated heterocycles. The first-order chi connectivity index (χ1) is 4.20. The average Bonchev–Trinajstić information content (AvgIpc) is 1.80. The maximum atomic E-state index is 8.92. The average molecular weight is 132 g/mol. The van der Waals surface area contributed by atoms with Gasteiger partial charge in [-0.15, -0.1) is 0 Å². The number of aliphatic hydroxyl groups excluding tert-OH is 2. The Bertz CT molecular complexity index is 94.3. The summed E-state index contributed by atoms with van der Waals surface area (Å²) in [6.45, 7) is 1.88. The smallest absolute Gasteiger partial charge is 0.181 e. The molecule has 1 aliphatic rings. The van der Waals surface area contributed by atoms with E-state index in [0.29, 0.717) is 6.42 Å². The van der Waals surface area contributed by atoms with Gasteiger partial charge >= 0.3 is 0 Å². The van der Waals surface area contributed by atoms with Gasteiger partial charge in [-0.1, -0.05) is 0 Å². The molecule has 1 unspecified atom stereocenters. The highest BCUT2D eigenvalue weighted by Crippen LogP contribution is 2.16. The van der Waals surface area contributed by atoms with Crippen molar-refractivity contribution >= 4 is 0 Å². The Kier molecular flexibility index (Phi) is 2.05. The Morgan fingerprint density at radius 3 is 2.44 bits per heavy atom. The molecule has 1 heterocycles. The third kappa shape index (κ3) is 1.64. The Balaban J connectivity index is 2.35. The van der Waals surface area contributed by atoms with Gasteiger partial charge in [0.15, 0.2) is 6.29 Å². The van der Waals surface area contributed by atoms with Crippen LogP contribution in [-0.4, -0.2) is 28.7 Å². The zero-order valence-corrected chi connectivity index (χ0v) is 5.45. The van der Waals surface area contributed by atoms with Gasteiger partial charge in [0.2, 0.25) is 0 Å². The first-order valence-corrected chi connectivity index (χ1v) is 3.21. The number of aliphatic hydroxyl groups is 2. The van der Waals surface area contributed by atoms with E-state index in [0.717, 1.165) is 6.42 Å². The van der Waals surface area contributed by atoms with Crippen LogP contribution in [0.4, 0.5) is 0 Å². The summed E-state index contributed by atoms with van der Waals surface area (Å²) in [5.74, 6) is 0. The molecule has 0 saturated carbocycles. The molecule has 0 bridgehead atoms. The fraction of sp³-hybridized carbons (Fsp3) is 1.00. The van der Waals surface area contributed by atoms with Gasteiger partial charge in [0.05, 0.1) is 6.10 Å². The molecule has 0 spiro atoms. The molecule has 0 amide bonds. The van der Waals surface area contributed by atoms with Gasteiger partial charge in [0.1, 0.15) is 6.10 Å². The van der Waals surface area contributed by atoms with Crippen LogP contribution in [0.25, 0.3) is 0 Å². The predicted octanol–water partition coefficient (Wildman–Crippen LogP) is -0.135. The molecule has 0 aromatic rings. The van der Waals surface area contributed by atoms with Crippen LogP contribution < -0.4 is 0 Å². The second-order valence-electron chi connectivity index (χ2n) is 2.48. The second kappa shape index (κ2) is 2.64. The normalized spacial score (nSPS) is 45.0. The monoisotopic (exact) mass is 132 g/mol. The lowest BCUT2D eigenvalue weighted by Crippen LogP contribution is -2.37. The molecule has 3 nitrogen and oxygen atoms in total. The Morgan fingerprint density at radius 2 is 2.00 bits per heavy atom. The van der Waals surface area contributed by atoms with Crippen molar-refractivity contribution < 1.29 is 14.9 Å². The van der Waals surface area contributed by atoms with Crippen LogP contribution in [-0.2, 0) is 4.74 Å². The van der Waals surface area contributed by atoms with Crippen molar-refractivity contribution in [2.45, 2.75) is 38.3 Å². The maximum Gasteiger partial charge on any atom is 0.181 e. The minimum absolute atomic E-state index is 0.0865. The summed E-state index contributed by atoms with van der Waals surface area (Å²) < 4.78 is 4.90. The summed E-state index contributed by atoms with van der Waals surface area (Å²) in [5, 5.41) is 17.8. The molecule has 0 radical (unpaired) electrons. The van der Waals surface area contributed by atoms with Gasteiger partial charge in [0.25, 0.3) is 0 Å². The van der Waals surface area contributed by atoms with E-state index >= 15 is 0 Å². The van der Waals surface area contributed by atoms with Crippen molar-refractivity contribution in [1.82, 2.24) is 0 Å². The van der Waals surface area contributed by atoms with E-state index in [1.807, 2.05) is 6.92 Å². The summed E-state index contributed by atoms with van der Waals surface area (Å²) >= 11 is 0. The lowest BCUT2D eigenvalue weighted by Gasteiger charge is -2.28. The molecule has 1 rings (SSSR count). The third-order valence-electron chi connectivity index (χ3n) is 1.57. The highest BCUT2D eigenvalue weighted by Gasteiger charge is 2.24. The van der Waals surface area contributed by atoms with Crippen LogP contribution in [0.15, 0.2) is 0 Å². The lowest BCUT2D eigenvalue weighted by atomic mass is 10.1. The largest absolute Gasteiger partial charge is 0.388 e. The summed E-state index contributed by atoms with van der Waals surface area (Å²) in [6.07, 6.45) is -0.0843. The minimum Gasteiger partial charge on any atom is -0.388 e. The number of ether oxygens (including phenoxy) is 1. The molecular weight excluding hydrogens is 120 g/mol. The van der Waals surface area contributed by atoms with Gasteiger partial charge < -0.3 is 14.9 Å². The molecule has 3 atom stereocenters. The van der Waals surface area contributed by atoms with E-state index in [4.69, 9.17) is 14.9 Å². The van der Waals surface area contributed by atoms with Gasteiger partial charge in [-0.3, -0.25) is 0 Å². The van der Waals surface area contributed by atoms with Crippen LogP contribution in [0, 0.1) is 0 Å². The van der Waals surface area contributed by atoms with E-state index in [-0.39, 0.29) is 6.10 Å².